The molecule has 3 rings (SSSR count). The highest BCUT2D eigenvalue weighted by Crippen LogP contribution is 2.26. The Morgan fingerprint density at radius 2 is 1.71 bits per heavy atom. The van der Waals surface area contributed by atoms with E-state index in [1.807, 2.05) is 4.90 Å². The van der Waals surface area contributed by atoms with Crippen LogP contribution in [0.5, 0.6) is 0 Å². The molecule has 148 valence electrons. The van der Waals surface area contributed by atoms with Crippen LogP contribution >= 0.6 is 0 Å². The highest BCUT2D eigenvalue weighted by Gasteiger charge is 2.33. The number of halogens is 1. The lowest BCUT2D eigenvalue weighted by Gasteiger charge is -2.31. The molecule has 1 aliphatic heterocycles. The first-order valence-corrected chi connectivity index (χ1v) is 9.27. The van der Waals surface area contributed by atoms with Gasteiger partial charge in [0, 0.05) is 37.0 Å². The molecule has 7 nitrogen and oxygen atoms in total. The van der Waals surface area contributed by atoms with Crippen LogP contribution in [0.2, 0.25) is 0 Å². The fraction of sp³-hybridized carbons (Fsp3) is 0.400. The van der Waals surface area contributed by atoms with Gasteiger partial charge in [-0.1, -0.05) is 18.2 Å². The molecule has 2 amide bonds. The Morgan fingerprint density at radius 3 is 2.36 bits per heavy atom. The molecule has 0 spiro atoms. The second kappa shape index (κ2) is 8.33. The molecule has 1 saturated heterocycles. The number of piperidine rings is 1. The number of amides is 2. The van der Waals surface area contributed by atoms with Gasteiger partial charge in [-0.05, 0) is 38.8 Å². The van der Waals surface area contributed by atoms with Crippen LogP contribution < -0.4 is 15.8 Å². The zero-order valence-corrected chi connectivity index (χ0v) is 16.0. The molecule has 28 heavy (non-hydrogen) atoms. The first-order valence-electron chi connectivity index (χ1n) is 9.27. The fourth-order valence-corrected chi connectivity index (χ4v) is 3.26. The second-order valence-corrected chi connectivity index (χ2v) is 7.36. The zero-order valence-electron chi connectivity index (χ0n) is 16.0. The van der Waals surface area contributed by atoms with Crippen LogP contribution in [0.1, 0.15) is 32.3 Å². The van der Waals surface area contributed by atoms with Crippen LogP contribution in [0, 0.1) is 11.7 Å². The van der Waals surface area contributed by atoms with Crippen molar-refractivity contribution in [2.75, 3.05) is 18.0 Å². The van der Waals surface area contributed by atoms with E-state index in [1.165, 1.54) is 6.07 Å². The zero-order chi connectivity index (χ0) is 20.1. The lowest BCUT2D eigenvalue weighted by molar-refractivity contribution is -0.133. The minimum absolute atomic E-state index is 0.211. The molecular weight excluding hydrogens is 361 g/mol. The van der Waals surface area contributed by atoms with E-state index in [9.17, 15) is 14.0 Å². The first kappa shape index (κ1) is 19.7. The van der Waals surface area contributed by atoms with Gasteiger partial charge in [-0.3, -0.25) is 20.4 Å². The summed E-state index contributed by atoms with van der Waals surface area (Å²) in [5.74, 6) is -0.727. The minimum atomic E-state index is -1.12. The number of aromatic nitrogens is 2. The van der Waals surface area contributed by atoms with Gasteiger partial charge in [0.25, 0.3) is 0 Å². The SMILES string of the molecule is CC(C)(C(=O)NNC(=O)C1CCN(c2ncccn2)CC1)c1ccccc1F. The van der Waals surface area contributed by atoms with Gasteiger partial charge in [0.15, 0.2) is 0 Å². The van der Waals surface area contributed by atoms with E-state index in [4.69, 9.17) is 0 Å². The van der Waals surface area contributed by atoms with Gasteiger partial charge >= 0.3 is 0 Å². The van der Waals surface area contributed by atoms with Gasteiger partial charge in [-0.25, -0.2) is 14.4 Å². The summed E-state index contributed by atoms with van der Waals surface area (Å²) in [5.41, 5.74) is 4.09. The molecule has 1 aromatic carbocycles. The van der Waals surface area contributed by atoms with E-state index in [1.54, 1.807) is 50.5 Å². The first-order chi connectivity index (χ1) is 13.4. The summed E-state index contributed by atoms with van der Waals surface area (Å²) in [6.45, 7) is 4.56. The van der Waals surface area contributed by atoms with Crippen molar-refractivity contribution >= 4 is 17.8 Å². The number of anilines is 1. The van der Waals surface area contributed by atoms with Crippen molar-refractivity contribution in [3.63, 3.8) is 0 Å². The third-order valence-electron chi connectivity index (χ3n) is 5.11. The largest absolute Gasteiger partial charge is 0.341 e. The minimum Gasteiger partial charge on any atom is -0.341 e. The predicted octanol–water partition coefficient (Wildman–Crippen LogP) is 1.96. The molecule has 2 heterocycles. The maximum Gasteiger partial charge on any atom is 0.248 e. The average Bonchev–Trinajstić information content (AvgIpc) is 2.72. The van der Waals surface area contributed by atoms with Crippen LogP contribution in [-0.4, -0.2) is 34.9 Å². The number of carbonyl (C=O) groups is 2. The Hall–Kier alpha value is -3.03. The quantitative estimate of drug-likeness (QED) is 0.786. The molecule has 2 N–H and O–H groups in total. The molecule has 0 unspecified atom stereocenters. The molecule has 0 aliphatic carbocycles. The Bertz CT molecular complexity index is 835. The van der Waals surface area contributed by atoms with Crippen molar-refractivity contribution in [1.82, 2.24) is 20.8 Å². The number of hydrogen-bond acceptors (Lipinski definition) is 5. The van der Waals surface area contributed by atoms with Crippen LogP contribution in [0.4, 0.5) is 10.3 Å². The molecule has 1 aliphatic rings. The van der Waals surface area contributed by atoms with Crippen molar-refractivity contribution in [1.29, 1.82) is 0 Å². The number of carbonyl (C=O) groups excluding carboxylic acids is 2. The highest BCUT2D eigenvalue weighted by atomic mass is 19.1. The fourth-order valence-electron chi connectivity index (χ4n) is 3.26. The highest BCUT2D eigenvalue weighted by molar-refractivity contribution is 5.89. The summed E-state index contributed by atoms with van der Waals surface area (Å²) in [4.78, 5) is 35.4. The van der Waals surface area contributed by atoms with E-state index >= 15 is 0 Å². The smallest absolute Gasteiger partial charge is 0.248 e. The number of benzene rings is 1. The van der Waals surface area contributed by atoms with E-state index in [-0.39, 0.29) is 17.4 Å². The maximum absolute atomic E-state index is 14.0. The molecule has 1 aromatic heterocycles. The summed E-state index contributed by atoms with van der Waals surface area (Å²) in [5, 5.41) is 0. The standard InChI is InChI=1S/C20H24FN5O2/c1-20(2,15-6-3-4-7-16(15)21)18(28)25-24-17(27)14-8-12-26(13-9-14)19-22-10-5-11-23-19/h3-7,10-11,14H,8-9,12-13H2,1-2H3,(H,24,27)(H,25,28). The number of nitrogens with one attached hydrogen (secondary N) is 2. The van der Waals surface area contributed by atoms with Crippen LogP contribution in [-0.2, 0) is 15.0 Å². The summed E-state index contributed by atoms with van der Waals surface area (Å²) >= 11 is 0. The molecular formula is C20H24FN5O2. The molecule has 0 atom stereocenters. The van der Waals surface area contributed by atoms with Gasteiger partial charge < -0.3 is 4.90 Å². The predicted molar refractivity (Wildman–Crippen MR) is 103 cm³/mol. The molecule has 0 saturated carbocycles. The maximum atomic E-state index is 14.0. The molecule has 2 aromatic rings. The monoisotopic (exact) mass is 385 g/mol. The van der Waals surface area contributed by atoms with E-state index < -0.39 is 17.1 Å². The lowest BCUT2D eigenvalue weighted by Crippen LogP contribution is -2.52. The Balaban J connectivity index is 1.52. The van der Waals surface area contributed by atoms with Crippen LogP contribution in [0.25, 0.3) is 0 Å². The van der Waals surface area contributed by atoms with Crippen LogP contribution in [0.15, 0.2) is 42.7 Å². The molecule has 0 radical (unpaired) electrons. The number of hydrogen-bond donors (Lipinski definition) is 2. The van der Waals surface area contributed by atoms with Gasteiger partial charge in [0.1, 0.15) is 5.82 Å². The van der Waals surface area contributed by atoms with E-state index in [0.29, 0.717) is 31.9 Å². The Labute approximate surface area is 163 Å². The molecule has 1 fully saturated rings. The topological polar surface area (TPSA) is 87.2 Å². The van der Waals surface area contributed by atoms with Gasteiger partial charge in [-0.15, -0.1) is 0 Å². The van der Waals surface area contributed by atoms with Crippen molar-refractivity contribution in [3.05, 3.63) is 54.1 Å². The van der Waals surface area contributed by atoms with Gasteiger partial charge in [0.05, 0.1) is 5.41 Å². The third-order valence-corrected chi connectivity index (χ3v) is 5.11. The molecule has 8 heteroatoms. The average molecular weight is 385 g/mol. The lowest BCUT2D eigenvalue weighted by atomic mass is 9.83. The van der Waals surface area contributed by atoms with Crippen molar-refractivity contribution in [2.45, 2.75) is 32.1 Å². The third kappa shape index (κ3) is 4.27. The number of nitrogens with zero attached hydrogens (tertiary/aromatic N) is 3. The van der Waals surface area contributed by atoms with Crippen molar-refractivity contribution < 1.29 is 14.0 Å². The number of hydrazine groups is 1. The Morgan fingerprint density at radius 1 is 1.07 bits per heavy atom. The van der Waals surface area contributed by atoms with Gasteiger partial charge in [-0.2, -0.15) is 0 Å². The summed E-state index contributed by atoms with van der Waals surface area (Å²) in [6.07, 6.45) is 4.65. The number of rotatable bonds is 4. The normalized spacial score (nSPS) is 15.2. The molecule has 0 bridgehead atoms. The van der Waals surface area contributed by atoms with Crippen molar-refractivity contribution in [3.8, 4) is 0 Å². The summed E-state index contributed by atoms with van der Waals surface area (Å²) in [7, 11) is 0. The van der Waals surface area contributed by atoms with Crippen molar-refractivity contribution in [2.24, 2.45) is 5.92 Å². The Kier molecular flexibility index (Phi) is 5.87. The second-order valence-electron chi connectivity index (χ2n) is 7.36. The summed E-state index contributed by atoms with van der Waals surface area (Å²) in [6, 6.07) is 7.89. The van der Waals surface area contributed by atoms with Crippen LogP contribution in [0.3, 0.4) is 0 Å². The van der Waals surface area contributed by atoms with Gasteiger partial charge in [0.2, 0.25) is 17.8 Å². The van der Waals surface area contributed by atoms with E-state index in [0.717, 1.165) is 0 Å². The van der Waals surface area contributed by atoms with E-state index in [2.05, 4.69) is 20.8 Å². The summed E-state index contributed by atoms with van der Waals surface area (Å²) < 4.78 is 14.0.